The summed E-state index contributed by atoms with van der Waals surface area (Å²) in [7, 11) is 1.39. The van der Waals surface area contributed by atoms with Crippen molar-refractivity contribution < 1.29 is 9.53 Å². The third kappa shape index (κ3) is 2.92. The molecule has 0 bridgehead atoms. The molecule has 0 aliphatic heterocycles. The molecule has 0 radical (unpaired) electrons. The molecule has 0 spiro atoms. The van der Waals surface area contributed by atoms with Gasteiger partial charge in [0.1, 0.15) is 0 Å². The Morgan fingerprint density at radius 1 is 1.00 bits per heavy atom. The van der Waals surface area contributed by atoms with E-state index in [1.807, 2.05) is 30.3 Å². The first-order valence-electron chi connectivity index (χ1n) is 6.77. The Bertz CT molecular complexity index is 782. The fourth-order valence-corrected chi connectivity index (χ4v) is 2.31. The predicted molar refractivity (Wildman–Crippen MR) is 82.9 cm³/mol. The summed E-state index contributed by atoms with van der Waals surface area (Å²) in [6, 6.07) is 18.4. The van der Waals surface area contributed by atoms with Crippen LogP contribution in [-0.2, 0) is 16.0 Å². The highest BCUT2D eigenvalue weighted by molar-refractivity contribution is 5.87. The third-order valence-corrected chi connectivity index (χ3v) is 3.44. The van der Waals surface area contributed by atoms with Crippen LogP contribution in [0.25, 0.3) is 21.9 Å². The Kier molecular flexibility index (Phi) is 3.65. The van der Waals surface area contributed by atoms with Gasteiger partial charge < -0.3 is 4.74 Å². The molecular formula is C18H15NO2. The Labute approximate surface area is 123 Å². The lowest BCUT2D eigenvalue weighted by molar-refractivity contribution is -0.139. The number of carbonyl (C=O) groups is 1. The molecule has 3 aromatic rings. The summed E-state index contributed by atoms with van der Waals surface area (Å²) in [6.45, 7) is 0. The van der Waals surface area contributed by atoms with Crippen molar-refractivity contribution in [2.75, 3.05) is 7.11 Å². The number of rotatable bonds is 3. The van der Waals surface area contributed by atoms with E-state index in [1.165, 1.54) is 12.7 Å². The van der Waals surface area contributed by atoms with Gasteiger partial charge in [0.05, 0.1) is 19.2 Å². The van der Waals surface area contributed by atoms with Gasteiger partial charge in [-0.1, -0.05) is 42.5 Å². The Hall–Kier alpha value is -2.68. The minimum Gasteiger partial charge on any atom is -0.469 e. The minimum atomic E-state index is -0.277. The number of carbonyl (C=O) groups excluding carboxylic acids is 1. The van der Waals surface area contributed by atoms with Crippen LogP contribution < -0.4 is 0 Å². The van der Waals surface area contributed by atoms with Crippen molar-refractivity contribution in [3.8, 4) is 11.1 Å². The lowest BCUT2D eigenvalue weighted by atomic mass is 10.0. The molecule has 3 nitrogen and oxygen atoms in total. The maximum absolute atomic E-state index is 11.3. The zero-order valence-corrected chi connectivity index (χ0v) is 11.7. The molecule has 3 heteroatoms. The zero-order valence-electron chi connectivity index (χ0n) is 11.7. The van der Waals surface area contributed by atoms with E-state index < -0.39 is 0 Å². The third-order valence-electron chi connectivity index (χ3n) is 3.44. The molecule has 21 heavy (non-hydrogen) atoms. The number of hydrogen-bond donors (Lipinski definition) is 0. The second-order valence-electron chi connectivity index (χ2n) is 4.86. The molecule has 0 atom stereocenters. The van der Waals surface area contributed by atoms with Gasteiger partial charge in [0.25, 0.3) is 0 Å². The monoisotopic (exact) mass is 277 g/mol. The van der Waals surface area contributed by atoms with Crippen LogP contribution in [0.1, 0.15) is 5.69 Å². The van der Waals surface area contributed by atoms with Crippen LogP contribution in [0.15, 0.2) is 60.8 Å². The van der Waals surface area contributed by atoms with Crippen LogP contribution in [0.5, 0.6) is 0 Å². The van der Waals surface area contributed by atoms with Crippen molar-refractivity contribution in [2.24, 2.45) is 0 Å². The molecule has 0 amide bonds. The fourth-order valence-electron chi connectivity index (χ4n) is 2.31. The van der Waals surface area contributed by atoms with Crippen LogP contribution in [0.4, 0.5) is 0 Å². The number of ether oxygens (including phenoxy) is 1. The summed E-state index contributed by atoms with van der Waals surface area (Å²) < 4.78 is 4.68. The van der Waals surface area contributed by atoms with E-state index in [1.54, 1.807) is 6.20 Å². The normalized spacial score (nSPS) is 10.5. The SMILES string of the molecule is COC(=O)Cc1cc2cc(-c3ccccc3)ccc2cn1. The van der Waals surface area contributed by atoms with Gasteiger partial charge in [-0.15, -0.1) is 0 Å². The maximum atomic E-state index is 11.3. The number of fused-ring (bicyclic) bond motifs is 1. The van der Waals surface area contributed by atoms with E-state index >= 15 is 0 Å². The van der Waals surface area contributed by atoms with Crippen molar-refractivity contribution in [3.05, 3.63) is 66.5 Å². The topological polar surface area (TPSA) is 39.2 Å². The molecule has 0 fully saturated rings. The largest absolute Gasteiger partial charge is 0.469 e. The highest BCUT2D eigenvalue weighted by Gasteiger charge is 2.06. The van der Waals surface area contributed by atoms with Crippen LogP contribution >= 0.6 is 0 Å². The van der Waals surface area contributed by atoms with Gasteiger partial charge in [-0.3, -0.25) is 9.78 Å². The van der Waals surface area contributed by atoms with Gasteiger partial charge >= 0.3 is 5.97 Å². The van der Waals surface area contributed by atoms with Crippen LogP contribution in [0.2, 0.25) is 0 Å². The van der Waals surface area contributed by atoms with Crippen molar-refractivity contribution in [1.29, 1.82) is 0 Å². The summed E-state index contributed by atoms with van der Waals surface area (Å²) in [5, 5.41) is 2.13. The quantitative estimate of drug-likeness (QED) is 0.686. The number of esters is 1. The van der Waals surface area contributed by atoms with Crippen LogP contribution in [0, 0.1) is 0 Å². The Morgan fingerprint density at radius 3 is 2.57 bits per heavy atom. The number of benzene rings is 2. The first-order chi connectivity index (χ1) is 10.3. The van der Waals surface area contributed by atoms with Crippen LogP contribution in [-0.4, -0.2) is 18.1 Å². The van der Waals surface area contributed by atoms with Crippen molar-refractivity contribution >= 4 is 16.7 Å². The molecule has 2 aromatic carbocycles. The van der Waals surface area contributed by atoms with E-state index in [2.05, 4.69) is 34.0 Å². The molecule has 1 aromatic heterocycles. The number of nitrogens with zero attached hydrogens (tertiary/aromatic N) is 1. The molecule has 0 unspecified atom stereocenters. The van der Waals surface area contributed by atoms with E-state index in [-0.39, 0.29) is 12.4 Å². The maximum Gasteiger partial charge on any atom is 0.311 e. The average Bonchev–Trinajstić information content (AvgIpc) is 2.55. The van der Waals surface area contributed by atoms with E-state index in [4.69, 9.17) is 0 Å². The van der Waals surface area contributed by atoms with E-state index in [0.29, 0.717) is 0 Å². The molecule has 0 aliphatic rings. The van der Waals surface area contributed by atoms with Gasteiger partial charge in [-0.2, -0.15) is 0 Å². The average molecular weight is 277 g/mol. The molecule has 0 saturated heterocycles. The second kappa shape index (κ2) is 5.75. The van der Waals surface area contributed by atoms with E-state index in [0.717, 1.165) is 22.0 Å². The first kappa shape index (κ1) is 13.3. The Balaban J connectivity index is 2.01. The van der Waals surface area contributed by atoms with Gasteiger partial charge in [0.2, 0.25) is 0 Å². The minimum absolute atomic E-state index is 0.196. The van der Waals surface area contributed by atoms with Gasteiger partial charge in [0.15, 0.2) is 0 Å². The smallest absolute Gasteiger partial charge is 0.311 e. The highest BCUT2D eigenvalue weighted by Crippen LogP contribution is 2.24. The van der Waals surface area contributed by atoms with Gasteiger partial charge in [-0.25, -0.2) is 0 Å². The molecule has 3 rings (SSSR count). The van der Waals surface area contributed by atoms with Gasteiger partial charge in [-0.05, 0) is 28.6 Å². The van der Waals surface area contributed by atoms with Crippen molar-refractivity contribution in [3.63, 3.8) is 0 Å². The Morgan fingerprint density at radius 2 is 1.81 bits per heavy atom. The number of hydrogen-bond acceptors (Lipinski definition) is 3. The predicted octanol–water partition coefficient (Wildman–Crippen LogP) is 3.62. The lowest BCUT2D eigenvalue weighted by Gasteiger charge is -2.06. The summed E-state index contributed by atoms with van der Waals surface area (Å²) in [6.07, 6.45) is 1.99. The molecule has 0 saturated carbocycles. The summed E-state index contributed by atoms with van der Waals surface area (Å²) in [4.78, 5) is 15.6. The zero-order chi connectivity index (χ0) is 14.7. The molecular weight excluding hydrogens is 262 g/mol. The molecule has 1 heterocycles. The number of aromatic nitrogens is 1. The fraction of sp³-hybridized carbons (Fsp3) is 0.111. The molecule has 0 N–H and O–H groups in total. The molecule has 0 aliphatic carbocycles. The highest BCUT2D eigenvalue weighted by atomic mass is 16.5. The molecule has 104 valence electrons. The number of pyridine rings is 1. The van der Waals surface area contributed by atoms with E-state index in [9.17, 15) is 4.79 Å². The number of methoxy groups -OCH3 is 1. The lowest BCUT2D eigenvalue weighted by Crippen LogP contribution is -2.05. The summed E-state index contributed by atoms with van der Waals surface area (Å²) in [5.74, 6) is -0.277. The first-order valence-corrected chi connectivity index (χ1v) is 6.77. The second-order valence-corrected chi connectivity index (χ2v) is 4.86. The standard InChI is InChI=1S/C18H15NO2/c1-21-18(20)11-17-10-16-9-14(7-8-15(16)12-19-17)13-5-3-2-4-6-13/h2-10,12H,11H2,1H3. The van der Waals surface area contributed by atoms with Gasteiger partial charge in [0, 0.05) is 11.6 Å². The van der Waals surface area contributed by atoms with Crippen molar-refractivity contribution in [1.82, 2.24) is 4.98 Å². The summed E-state index contributed by atoms with van der Waals surface area (Å²) in [5.41, 5.74) is 3.05. The van der Waals surface area contributed by atoms with Crippen molar-refractivity contribution in [2.45, 2.75) is 6.42 Å². The summed E-state index contributed by atoms with van der Waals surface area (Å²) >= 11 is 0. The van der Waals surface area contributed by atoms with Crippen LogP contribution in [0.3, 0.4) is 0 Å².